The lowest BCUT2D eigenvalue weighted by Gasteiger charge is -2.30. The molecule has 4 rings (SSSR count). The van der Waals surface area contributed by atoms with Gasteiger partial charge in [-0.15, -0.1) is 7.56 Å². The molecule has 0 aliphatic carbocycles. The minimum absolute atomic E-state index is 0.498. The van der Waals surface area contributed by atoms with Gasteiger partial charge in [0.05, 0.1) is 12.9 Å². The van der Waals surface area contributed by atoms with Crippen LogP contribution < -0.4 is 21.2 Å². The summed E-state index contributed by atoms with van der Waals surface area (Å²) in [7, 11) is 5.63. The van der Waals surface area contributed by atoms with E-state index in [0.717, 1.165) is 5.90 Å². The van der Waals surface area contributed by atoms with Gasteiger partial charge in [0.2, 0.25) is 0 Å². The summed E-state index contributed by atoms with van der Waals surface area (Å²) < 4.78 is 0. The summed E-state index contributed by atoms with van der Waals surface area (Å²) in [4.78, 5) is 0. The minimum Gasteiger partial charge on any atom is -0.647 e. The zero-order valence-corrected chi connectivity index (χ0v) is 19.6. The molecule has 0 saturated heterocycles. The Labute approximate surface area is 179 Å². The smallest absolute Gasteiger partial charge is 0.105 e. The molecular weight excluding hydrogens is 424 g/mol. The molecular formula is C25H22P4. The Hall–Kier alpha value is -1.66. The monoisotopic (exact) mass is 446 g/mol. The fourth-order valence-electron chi connectivity index (χ4n) is 3.53. The highest BCUT2D eigenvalue weighted by Crippen LogP contribution is 2.73. The first-order valence-corrected chi connectivity index (χ1v) is 15.8. The van der Waals surface area contributed by atoms with Crippen molar-refractivity contribution in [1.29, 1.82) is 0 Å². The lowest BCUT2D eigenvalue weighted by atomic mass is 10.4. The van der Waals surface area contributed by atoms with E-state index in [-0.39, 0.29) is 0 Å². The van der Waals surface area contributed by atoms with Gasteiger partial charge in [-0.05, 0) is 42.8 Å². The standard InChI is InChI=1S/C25H22P4/c26-27-29(24-17-9-3-10-18-24,25-19-11-4-12-20-25)21-28(22-13-5-1-6-14-22)23-15-7-2-8-16-23/h1-20H,21H2. The molecule has 0 nitrogen and oxygen atoms in total. The lowest BCUT2D eigenvalue weighted by Crippen LogP contribution is -2.24. The maximum Gasteiger partial charge on any atom is 0.105 e. The Morgan fingerprint density at radius 3 is 1.24 bits per heavy atom. The summed E-state index contributed by atoms with van der Waals surface area (Å²) in [6.45, 7) is -1.70. The molecule has 142 valence electrons. The zero-order chi connectivity index (χ0) is 19.9. The summed E-state index contributed by atoms with van der Waals surface area (Å²) in [5.74, 6) is 1.12. The molecule has 0 heterocycles. The molecule has 29 heavy (non-hydrogen) atoms. The molecule has 0 amide bonds. The third-order valence-electron chi connectivity index (χ3n) is 5.00. The van der Waals surface area contributed by atoms with E-state index in [4.69, 9.17) is 8.53 Å². The van der Waals surface area contributed by atoms with E-state index in [0.29, 0.717) is 0 Å². The van der Waals surface area contributed by atoms with E-state index in [2.05, 4.69) is 121 Å². The zero-order valence-electron chi connectivity index (χ0n) is 16.0. The van der Waals surface area contributed by atoms with Crippen LogP contribution in [0.5, 0.6) is 0 Å². The quantitative estimate of drug-likeness (QED) is 0.270. The predicted molar refractivity (Wildman–Crippen MR) is 137 cm³/mol. The van der Waals surface area contributed by atoms with Crippen LogP contribution in [0.4, 0.5) is 0 Å². The Bertz CT molecular complexity index is 956. The van der Waals surface area contributed by atoms with Gasteiger partial charge in [0.15, 0.2) is 0 Å². The SMILES string of the molecule is [P-]=P[P+](CP(c1ccccc1)c1ccccc1)(c1ccccc1)c1ccccc1. The van der Waals surface area contributed by atoms with E-state index in [1.807, 2.05) is 0 Å². The summed E-state index contributed by atoms with van der Waals surface area (Å²) in [6.07, 6.45) is 0. The van der Waals surface area contributed by atoms with Crippen molar-refractivity contribution in [3.63, 3.8) is 0 Å². The molecule has 0 aromatic heterocycles. The van der Waals surface area contributed by atoms with Crippen molar-refractivity contribution in [2.24, 2.45) is 0 Å². The molecule has 0 spiro atoms. The molecule has 0 atom stereocenters. The van der Waals surface area contributed by atoms with Gasteiger partial charge in [0.25, 0.3) is 0 Å². The first kappa shape index (κ1) is 20.6. The number of benzene rings is 4. The number of rotatable bonds is 7. The highest BCUT2D eigenvalue weighted by molar-refractivity contribution is 8.45. The Balaban J connectivity index is 1.89. The molecule has 0 radical (unpaired) electrons. The third kappa shape index (κ3) is 4.58. The topological polar surface area (TPSA) is 0 Å². The molecule has 0 bridgehead atoms. The van der Waals surface area contributed by atoms with Crippen molar-refractivity contribution in [2.75, 3.05) is 5.90 Å². The fourth-order valence-corrected chi connectivity index (χ4v) is 17.7. The molecule has 0 unspecified atom stereocenters. The second-order valence-electron chi connectivity index (χ2n) is 6.77. The van der Waals surface area contributed by atoms with Crippen LogP contribution in [-0.2, 0) is 0 Å². The molecule has 0 saturated carbocycles. The van der Waals surface area contributed by atoms with Gasteiger partial charge in [-0.3, -0.25) is 0 Å². The highest BCUT2D eigenvalue weighted by atomic mass is 32.3. The maximum absolute atomic E-state index is 4.96. The first-order valence-electron chi connectivity index (χ1n) is 9.57. The van der Waals surface area contributed by atoms with Gasteiger partial charge < -0.3 is 8.53 Å². The van der Waals surface area contributed by atoms with Crippen molar-refractivity contribution in [2.45, 2.75) is 0 Å². The lowest BCUT2D eigenvalue weighted by molar-refractivity contribution is 1.73. The molecule has 0 aliphatic heterocycles. The van der Waals surface area contributed by atoms with Gasteiger partial charge in [-0.2, -0.15) is 0 Å². The third-order valence-corrected chi connectivity index (χ3v) is 18.4. The van der Waals surface area contributed by atoms with Crippen molar-refractivity contribution < 1.29 is 0 Å². The van der Waals surface area contributed by atoms with Crippen LogP contribution in [0.15, 0.2) is 121 Å². The number of hydrogen-bond acceptors (Lipinski definition) is 0. The van der Waals surface area contributed by atoms with Crippen molar-refractivity contribution in [3.8, 4) is 0 Å². The first-order chi connectivity index (χ1) is 14.3. The average Bonchev–Trinajstić information content (AvgIpc) is 2.82. The molecule has 0 aliphatic rings. The summed E-state index contributed by atoms with van der Waals surface area (Å²) in [5.41, 5.74) is 0. The summed E-state index contributed by atoms with van der Waals surface area (Å²) in [5, 5.41) is 5.73. The van der Waals surface area contributed by atoms with Crippen LogP contribution >= 0.6 is 31.0 Å². The normalized spacial score (nSPS) is 11.6. The second-order valence-corrected chi connectivity index (χ2v) is 16.7. The van der Waals surface area contributed by atoms with Crippen LogP contribution in [0.3, 0.4) is 0 Å². The van der Waals surface area contributed by atoms with Gasteiger partial charge in [-0.25, -0.2) is 0 Å². The summed E-state index contributed by atoms with van der Waals surface area (Å²) >= 11 is 0. The van der Waals surface area contributed by atoms with Crippen molar-refractivity contribution in [1.82, 2.24) is 0 Å². The largest absolute Gasteiger partial charge is 0.647 e. The van der Waals surface area contributed by atoms with E-state index in [1.54, 1.807) is 0 Å². The number of hydrogen-bond donors (Lipinski definition) is 0. The van der Waals surface area contributed by atoms with Crippen LogP contribution in [0.25, 0.3) is 0 Å². The van der Waals surface area contributed by atoms with Gasteiger partial charge in [0, 0.05) is 0 Å². The highest BCUT2D eigenvalue weighted by Gasteiger charge is 2.41. The van der Waals surface area contributed by atoms with Crippen molar-refractivity contribution in [3.05, 3.63) is 121 Å². The Morgan fingerprint density at radius 2 is 0.897 bits per heavy atom. The van der Waals surface area contributed by atoms with Gasteiger partial charge >= 0.3 is 0 Å². The minimum atomic E-state index is -1.70. The van der Waals surface area contributed by atoms with E-state index in [9.17, 15) is 0 Å². The van der Waals surface area contributed by atoms with Crippen molar-refractivity contribution >= 4 is 52.2 Å². The molecule has 4 heteroatoms. The van der Waals surface area contributed by atoms with Gasteiger partial charge in [0.1, 0.15) is 10.6 Å². The molecule has 4 aromatic rings. The van der Waals surface area contributed by atoms with Crippen LogP contribution in [0.2, 0.25) is 0 Å². The van der Waals surface area contributed by atoms with E-state index in [1.165, 1.54) is 28.8 Å². The maximum atomic E-state index is 4.96. The average molecular weight is 446 g/mol. The predicted octanol–water partition coefficient (Wildman–Crippen LogP) is 6.93. The Morgan fingerprint density at radius 1 is 0.552 bits per heavy atom. The molecule has 0 N–H and O–H groups in total. The molecule has 0 fully saturated rings. The summed E-state index contributed by atoms with van der Waals surface area (Å²) in [6, 6.07) is 44.1. The van der Waals surface area contributed by atoms with Crippen LogP contribution in [0, 0.1) is 0 Å². The van der Waals surface area contributed by atoms with E-state index < -0.39 is 14.9 Å². The second kappa shape index (κ2) is 9.90. The fraction of sp³-hybridized carbons (Fsp3) is 0.0400. The van der Waals surface area contributed by atoms with Crippen LogP contribution in [-0.4, -0.2) is 5.90 Å². The van der Waals surface area contributed by atoms with Crippen LogP contribution in [0.1, 0.15) is 0 Å². The van der Waals surface area contributed by atoms with Gasteiger partial charge in [-0.1, -0.05) is 97.1 Å². The Kier molecular flexibility index (Phi) is 7.03. The van der Waals surface area contributed by atoms with E-state index >= 15 is 0 Å². The molecule has 4 aromatic carbocycles.